The molecule has 86 valence electrons. The van der Waals surface area contributed by atoms with E-state index in [1.54, 1.807) is 0 Å². The summed E-state index contributed by atoms with van der Waals surface area (Å²) in [5.74, 6) is 0. The van der Waals surface area contributed by atoms with Gasteiger partial charge < -0.3 is 0 Å². The van der Waals surface area contributed by atoms with E-state index in [2.05, 4.69) is 52.3 Å². The highest BCUT2D eigenvalue weighted by atomic mass is 79.9. The van der Waals surface area contributed by atoms with Crippen LogP contribution in [-0.4, -0.2) is 5.33 Å². The Hall–Kier alpha value is -1.05. The molecule has 2 aromatic rings. The number of alkyl halides is 1. The van der Waals surface area contributed by atoms with E-state index in [1.165, 1.54) is 16.7 Å². The number of allylic oxidation sites excluding steroid dienone is 1. The fraction of sp³-hybridized carbons (Fsp3) is 0.0667. The third-order valence-corrected chi connectivity index (χ3v) is 3.11. The van der Waals surface area contributed by atoms with Gasteiger partial charge in [-0.15, -0.1) is 0 Å². The van der Waals surface area contributed by atoms with Crippen molar-refractivity contribution in [2.24, 2.45) is 0 Å². The zero-order valence-electron chi connectivity index (χ0n) is 9.24. The summed E-state index contributed by atoms with van der Waals surface area (Å²) in [7, 11) is 0. The molecule has 0 saturated carbocycles. The molecule has 17 heavy (non-hydrogen) atoms. The highest BCUT2D eigenvalue weighted by Gasteiger charge is 1.96. The number of hydrogen-bond acceptors (Lipinski definition) is 0. The van der Waals surface area contributed by atoms with Crippen LogP contribution in [0.25, 0.3) is 17.2 Å². The van der Waals surface area contributed by atoms with Crippen LogP contribution >= 0.6 is 27.5 Å². The minimum atomic E-state index is 0.769. The van der Waals surface area contributed by atoms with Crippen LogP contribution in [0.2, 0.25) is 5.02 Å². The maximum Gasteiger partial charge on any atom is 0.0406 e. The monoisotopic (exact) mass is 306 g/mol. The van der Waals surface area contributed by atoms with E-state index in [1.807, 2.05) is 24.3 Å². The van der Waals surface area contributed by atoms with Crippen molar-refractivity contribution in [3.05, 3.63) is 65.2 Å². The van der Waals surface area contributed by atoms with E-state index in [0.29, 0.717) is 0 Å². The van der Waals surface area contributed by atoms with Crippen LogP contribution in [0.3, 0.4) is 0 Å². The molecule has 0 aliphatic heterocycles. The molecule has 0 aromatic heterocycles. The second kappa shape index (κ2) is 6.04. The zero-order valence-corrected chi connectivity index (χ0v) is 11.6. The van der Waals surface area contributed by atoms with Crippen molar-refractivity contribution in [3.8, 4) is 11.1 Å². The van der Waals surface area contributed by atoms with Gasteiger partial charge in [0.25, 0.3) is 0 Å². The minimum absolute atomic E-state index is 0.769. The fourth-order valence-corrected chi connectivity index (χ4v) is 1.92. The van der Waals surface area contributed by atoms with Crippen LogP contribution in [0, 0.1) is 0 Å². The molecule has 0 bridgehead atoms. The fourth-order valence-electron chi connectivity index (χ4n) is 1.61. The predicted octanol–water partition coefficient (Wildman–Crippen LogP) is 5.42. The lowest BCUT2D eigenvalue weighted by atomic mass is 10.0. The van der Waals surface area contributed by atoms with Crippen molar-refractivity contribution in [1.29, 1.82) is 0 Å². The van der Waals surface area contributed by atoms with Crippen molar-refractivity contribution in [3.63, 3.8) is 0 Å². The van der Waals surface area contributed by atoms with Crippen LogP contribution < -0.4 is 0 Å². The lowest BCUT2D eigenvalue weighted by Gasteiger charge is -2.02. The van der Waals surface area contributed by atoms with Gasteiger partial charge in [-0.05, 0) is 28.8 Å². The summed E-state index contributed by atoms with van der Waals surface area (Å²) in [6.07, 6.45) is 4.18. The van der Waals surface area contributed by atoms with Crippen LogP contribution in [0.5, 0.6) is 0 Å². The SMILES string of the molecule is Clc1ccc(-c2ccc(C=CCBr)cc2)cc1. The molecule has 0 amide bonds. The first-order valence-electron chi connectivity index (χ1n) is 5.38. The molecule has 0 nitrogen and oxygen atoms in total. The molecule has 0 aliphatic carbocycles. The van der Waals surface area contributed by atoms with Gasteiger partial charge in [0.2, 0.25) is 0 Å². The van der Waals surface area contributed by atoms with Gasteiger partial charge >= 0.3 is 0 Å². The number of rotatable bonds is 3. The highest BCUT2D eigenvalue weighted by Crippen LogP contribution is 2.22. The summed E-state index contributed by atoms with van der Waals surface area (Å²) in [4.78, 5) is 0. The molecule has 2 aromatic carbocycles. The first-order chi connectivity index (χ1) is 8.29. The predicted molar refractivity (Wildman–Crippen MR) is 79.7 cm³/mol. The van der Waals surface area contributed by atoms with Gasteiger partial charge in [0.05, 0.1) is 0 Å². The Morgan fingerprint density at radius 1 is 0.882 bits per heavy atom. The molecule has 2 heteroatoms. The molecule has 0 atom stereocenters. The first-order valence-corrected chi connectivity index (χ1v) is 6.88. The van der Waals surface area contributed by atoms with Gasteiger partial charge in [0.1, 0.15) is 0 Å². The molecule has 0 radical (unpaired) electrons. The van der Waals surface area contributed by atoms with E-state index >= 15 is 0 Å². The second-order valence-electron chi connectivity index (χ2n) is 3.69. The Bertz CT molecular complexity index is 497. The van der Waals surface area contributed by atoms with Gasteiger partial charge in [0, 0.05) is 10.4 Å². The summed E-state index contributed by atoms with van der Waals surface area (Å²) < 4.78 is 0. The third-order valence-electron chi connectivity index (χ3n) is 2.49. The molecular weight excluding hydrogens is 296 g/mol. The Balaban J connectivity index is 2.23. The third kappa shape index (κ3) is 3.45. The highest BCUT2D eigenvalue weighted by molar-refractivity contribution is 9.09. The molecule has 2 rings (SSSR count). The van der Waals surface area contributed by atoms with Crippen LogP contribution in [-0.2, 0) is 0 Å². The summed E-state index contributed by atoms with van der Waals surface area (Å²) >= 11 is 9.23. The average Bonchev–Trinajstić information content (AvgIpc) is 2.38. The average molecular weight is 308 g/mol. The Kier molecular flexibility index (Phi) is 4.41. The number of halogens is 2. The minimum Gasteiger partial charge on any atom is -0.0883 e. The van der Waals surface area contributed by atoms with Crippen molar-refractivity contribution < 1.29 is 0 Å². The summed E-state index contributed by atoms with van der Waals surface area (Å²) in [5, 5.41) is 1.65. The van der Waals surface area contributed by atoms with Crippen LogP contribution in [0.15, 0.2) is 54.6 Å². The smallest absolute Gasteiger partial charge is 0.0406 e. The number of benzene rings is 2. The van der Waals surface area contributed by atoms with E-state index in [-0.39, 0.29) is 0 Å². The zero-order chi connectivity index (χ0) is 12.1. The van der Waals surface area contributed by atoms with Gasteiger partial charge in [0.15, 0.2) is 0 Å². The largest absolute Gasteiger partial charge is 0.0883 e. The molecule has 0 saturated heterocycles. The molecule has 0 fully saturated rings. The van der Waals surface area contributed by atoms with E-state index < -0.39 is 0 Å². The maximum atomic E-state index is 5.87. The lowest BCUT2D eigenvalue weighted by molar-refractivity contribution is 1.59. The van der Waals surface area contributed by atoms with Crippen molar-refractivity contribution in [1.82, 2.24) is 0 Å². The van der Waals surface area contributed by atoms with Crippen LogP contribution in [0.1, 0.15) is 5.56 Å². The van der Waals surface area contributed by atoms with Gasteiger partial charge in [-0.3, -0.25) is 0 Å². The summed E-state index contributed by atoms with van der Waals surface area (Å²) in [5.41, 5.74) is 3.60. The maximum absolute atomic E-state index is 5.87. The van der Waals surface area contributed by atoms with Crippen molar-refractivity contribution in [2.75, 3.05) is 5.33 Å². The molecule has 0 heterocycles. The van der Waals surface area contributed by atoms with Crippen molar-refractivity contribution in [2.45, 2.75) is 0 Å². The Morgan fingerprint density at radius 2 is 1.41 bits per heavy atom. The summed E-state index contributed by atoms with van der Waals surface area (Å²) in [6, 6.07) is 16.4. The van der Waals surface area contributed by atoms with Gasteiger partial charge in [-0.2, -0.15) is 0 Å². The van der Waals surface area contributed by atoms with E-state index in [4.69, 9.17) is 11.6 Å². The van der Waals surface area contributed by atoms with E-state index in [9.17, 15) is 0 Å². The molecule has 0 spiro atoms. The molecule has 0 unspecified atom stereocenters. The standard InChI is InChI=1S/C15H12BrCl/c16-11-1-2-12-3-5-13(6-4-12)14-7-9-15(17)10-8-14/h1-10H,11H2. The Labute approximate surface area is 115 Å². The number of hydrogen-bond donors (Lipinski definition) is 0. The van der Waals surface area contributed by atoms with Gasteiger partial charge in [-0.25, -0.2) is 0 Å². The molecule has 0 N–H and O–H groups in total. The van der Waals surface area contributed by atoms with Gasteiger partial charge in [-0.1, -0.05) is 76.1 Å². The normalized spacial score (nSPS) is 10.9. The van der Waals surface area contributed by atoms with E-state index in [0.717, 1.165) is 10.4 Å². The summed E-state index contributed by atoms with van der Waals surface area (Å²) in [6.45, 7) is 0. The molecular formula is C15H12BrCl. The molecule has 0 aliphatic rings. The van der Waals surface area contributed by atoms with Crippen molar-refractivity contribution >= 4 is 33.6 Å². The first kappa shape index (κ1) is 12.4. The van der Waals surface area contributed by atoms with Crippen LogP contribution in [0.4, 0.5) is 0 Å². The topological polar surface area (TPSA) is 0 Å². The lowest BCUT2D eigenvalue weighted by Crippen LogP contribution is -1.78. The second-order valence-corrected chi connectivity index (χ2v) is 4.77. The quantitative estimate of drug-likeness (QED) is 0.665. The Morgan fingerprint density at radius 3 is 1.94 bits per heavy atom.